The standard InChI is InChI=1S/C17H18ClNO2/c1-3-13-6-4-5-7-16(13)19-17(20)12(2)21-15-10-8-14(18)9-11-15/h4-12H,3H2,1-2H3,(H,19,20)/t12-/m1/s1. The average molecular weight is 304 g/mol. The Hall–Kier alpha value is -2.00. The smallest absolute Gasteiger partial charge is 0.265 e. The van der Waals surface area contributed by atoms with Crippen LogP contribution < -0.4 is 10.1 Å². The van der Waals surface area contributed by atoms with Crippen LogP contribution in [0.25, 0.3) is 0 Å². The third kappa shape index (κ3) is 4.23. The van der Waals surface area contributed by atoms with Gasteiger partial charge < -0.3 is 10.1 Å². The van der Waals surface area contributed by atoms with Crippen LogP contribution in [0.4, 0.5) is 5.69 Å². The lowest BCUT2D eigenvalue weighted by molar-refractivity contribution is -0.122. The van der Waals surface area contributed by atoms with Crippen molar-refractivity contribution in [1.82, 2.24) is 0 Å². The molecule has 110 valence electrons. The molecule has 2 aromatic rings. The van der Waals surface area contributed by atoms with Crippen LogP contribution in [0, 0.1) is 0 Å². The second-order valence-electron chi connectivity index (χ2n) is 4.71. The molecule has 0 fully saturated rings. The summed E-state index contributed by atoms with van der Waals surface area (Å²) in [5, 5.41) is 3.54. The molecule has 0 unspecified atom stereocenters. The van der Waals surface area contributed by atoms with E-state index in [0.29, 0.717) is 10.8 Å². The summed E-state index contributed by atoms with van der Waals surface area (Å²) in [6.07, 6.45) is 0.277. The molecule has 0 saturated heterocycles. The second kappa shape index (κ2) is 7.14. The number of ether oxygens (including phenoxy) is 1. The summed E-state index contributed by atoms with van der Waals surface area (Å²) in [4.78, 5) is 12.2. The number of rotatable bonds is 5. The molecule has 0 radical (unpaired) electrons. The molecule has 3 nitrogen and oxygen atoms in total. The molecule has 0 saturated carbocycles. The number of nitrogens with one attached hydrogen (secondary N) is 1. The summed E-state index contributed by atoms with van der Waals surface area (Å²) in [7, 11) is 0. The van der Waals surface area contributed by atoms with Crippen molar-refractivity contribution in [1.29, 1.82) is 0 Å². The van der Waals surface area contributed by atoms with E-state index in [-0.39, 0.29) is 5.91 Å². The normalized spacial score (nSPS) is 11.8. The minimum atomic E-state index is -0.587. The Labute approximate surface area is 129 Å². The predicted molar refractivity (Wildman–Crippen MR) is 86.0 cm³/mol. The van der Waals surface area contributed by atoms with Gasteiger partial charge in [0, 0.05) is 10.7 Å². The van der Waals surface area contributed by atoms with E-state index < -0.39 is 6.10 Å². The van der Waals surface area contributed by atoms with Gasteiger partial charge in [0.15, 0.2) is 6.10 Å². The van der Waals surface area contributed by atoms with Crippen LogP contribution in [0.1, 0.15) is 19.4 Å². The Bertz CT molecular complexity index is 610. The first-order valence-electron chi connectivity index (χ1n) is 6.91. The van der Waals surface area contributed by atoms with Crippen molar-refractivity contribution in [3.63, 3.8) is 0 Å². The van der Waals surface area contributed by atoms with E-state index in [1.54, 1.807) is 31.2 Å². The quantitative estimate of drug-likeness (QED) is 0.894. The fourth-order valence-corrected chi connectivity index (χ4v) is 2.08. The molecule has 0 spiro atoms. The molecule has 0 bridgehead atoms. The van der Waals surface area contributed by atoms with Crippen molar-refractivity contribution in [2.75, 3.05) is 5.32 Å². The van der Waals surface area contributed by atoms with Crippen molar-refractivity contribution >= 4 is 23.2 Å². The van der Waals surface area contributed by atoms with Gasteiger partial charge in [0.2, 0.25) is 0 Å². The van der Waals surface area contributed by atoms with Crippen LogP contribution in [0.15, 0.2) is 48.5 Å². The molecule has 1 N–H and O–H groups in total. The molecule has 2 rings (SSSR count). The summed E-state index contributed by atoms with van der Waals surface area (Å²) in [5.41, 5.74) is 1.93. The van der Waals surface area contributed by atoms with Gasteiger partial charge in [-0.05, 0) is 49.2 Å². The highest BCUT2D eigenvalue weighted by molar-refractivity contribution is 6.30. The Balaban J connectivity index is 2.01. The van der Waals surface area contributed by atoms with Gasteiger partial charge >= 0.3 is 0 Å². The molecule has 1 amide bonds. The number of carbonyl (C=O) groups excluding carboxylic acids is 1. The molecule has 0 aliphatic rings. The minimum absolute atomic E-state index is 0.175. The van der Waals surface area contributed by atoms with Crippen molar-refractivity contribution in [3.8, 4) is 5.75 Å². The summed E-state index contributed by atoms with van der Waals surface area (Å²) in [6, 6.07) is 14.7. The number of halogens is 1. The van der Waals surface area contributed by atoms with E-state index in [0.717, 1.165) is 17.7 Å². The number of benzene rings is 2. The zero-order valence-electron chi connectivity index (χ0n) is 12.1. The molecule has 4 heteroatoms. The number of aryl methyl sites for hydroxylation is 1. The molecule has 21 heavy (non-hydrogen) atoms. The highest BCUT2D eigenvalue weighted by atomic mass is 35.5. The zero-order valence-corrected chi connectivity index (χ0v) is 12.9. The average Bonchev–Trinajstić information content (AvgIpc) is 2.50. The second-order valence-corrected chi connectivity index (χ2v) is 5.15. The van der Waals surface area contributed by atoms with Crippen LogP contribution in [-0.2, 0) is 11.2 Å². The number of amides is 1. The molecule has 0 aromatic heterocycles. The van der Waals surface area contributed by atoms with Crippen LogP contribution in [0.2, 0.25) is 5.02 Å². The lowest BCUT2D eigenvalue weighted by Gasteiger charge is -2.16. The third-order valence-electron chi connectivity index (χ3n) is 3.15. The molecular formula is C17H18ClNO2. The summed E-state index contributed by atoms with van der Waals surface area (Å²) < 4.78 is 5.61. The topological polar surface area (TPSA) is 38.3 Å². The summed E-state index contributed by atoms with van der Waals surface area (Å²) in [6.45, 7) is 3.77. The van der Waals surface area contributed by atoms with Crippen LogP contribution >= 0.6 is 11.6 Å². The lowest BCUT2D eigenvalue weighted by atomic mass is 10.1. The van der Waals surface area contributed by atoms with Gasteiger partial charge in [0.05, 0.1) is 0 Å². The number of hydrogen-bond acceptors (Lipinski definition) is 2. The van der Waals surface area contributed by atoms with E-state index in [1.165, 1.54) is 0 Å². The van der Waals surface area contributed by atoms with Crippen LogP contribution in [-0.4, -0.2) is 12.0 Å². The van der Waals surface area contributed by atoms with Crippen molar-refractivity contribution < 1.29 is 9.53 Å². The van der Waals surface area contributed by atoms with Gasteiger partial charge in [0.25, 0.3) is 5.91 Å². The van der Waals surface area contributed by atoms with Crippen LogP contribution in [0.3, 0.4) is 0 Å². The van der Waals surface area contributed by atoms with Crippen LogP contribution in [0.5, 0.6) is 5.75 Å². The SMILES string of the molecule is CCc1ccccc1NC(=O)[C@@H](C)Oc1ccc(Cl)cc1. The highest BCUT2D eigenvalue weighted by Crippen LogP contribution is 2.19. The first kappa shape index (κ1) is 15.4. The fraction of sp³-hybridized carbons (Fsp3) is 0.235. The fourth-order valence-electron chi connectivity index (χ4n) is 1.96. The number of anilines is 1. The molecule has 0 aliphatic heterocycles. The third-order valence-corrected chi connectivity index (χ3v) is 3.40. The van der Waals surface area contributed by atoms with Gasteiger partial charge in [-0.15, -0.1) is 0 Å². The maximum atomic E-state index is 12.2. The monoisotopic (exact) mass is 303 g/mol. The largest absolute Gasteiger partial charge is 0.481 e. The minimum Gasteiger partial charge on any atom is -0.481 e. The van der Waals surface area contributed by atoms with Gasteiger partial charge in [-0.25, -0.2) is 0 Å². The van der Waals surface area contributed by atoms with Gasteiger partial charge in [0.1, 0.15) is 5.75 Å². The van der Waals surface area contributed by atoms with E-state index in [4.69, 9.17) is 16.3 Å². The molecule has 0 heterocycles. The Morgan fingerprint density at radius 1 is 1.19 bits per heavy atom. The Kier molecular flexibility index (Phi) is 5.23. The Morgan fingerprint density at radius 3 is 2.52 bits per heavy atom. The lowest BCUT2D eigenvalue weighted by Crippen LogP contribution is -2.30. The van der Waals surface area contributed by atoms with Gasteiger partial charge in [-0.1, -0.05) is 36.7 Å². The van der Waals surface area contributed by atoms with Gasteiger partial charge in [-0.2, -0.15) is 0 Å². The van der Waals surface area contributed by atoms with E-state index in [2.05, 4.69) is 12.2 Å². The highest BCUT2D eigenvalue weighted by Gasteiger charge is 2.15. The van der Waals surface area contributed by atoms with Gasteiger partial charge in [-0.3, -0.25) is 4.79 Å². The molecule has 0 aliphatic carbocycles. The number of para-hydroxylation sites is 1. The maximum Gasteiger partial charge on any atom is 0.265 e. The van der Waals surface area contributed by atoms with E-state index in [9.17, 15) is 4.79 Å². The molecule has 2 aromatic carbocycles. The predicted octanol–water partition coefficient (Wildman–Crippen LogP) is 4.31. The first-order chi connectivity index (χ1) is 10.1. The van der Waals surface area contributed by atoms with Crippen molar-refractivity contribution in [3.05, 3.63) is 59.1 Å². The Morgan fingerprint density at radius 2 is 1.86 bits per heavy atom. The zero-order chi connectivity index (χ0) is 15.2. The summed E-state index contributed by atoms with van der Waals surface area (Å²) >= 11 is 5.82. The van der Waals surface area contributed by atoms with Crippen molar-refractivity contribution in [2.24, 2.45) is 0 Å². The maximum absolute atomic E-state index is 12.2. The number of hydrogen-bond donors (Lipinski definition) is 1. The van der Waals surface area contributed by atoms with Crippen molar-refractivity contribution in [2.45, 2.75) is 26.4 Å². The van der Waals surface area contributed by atoms with E-state index in [1.807, 2.05) is 24.3 Å². The summed E-state index contributed by atoms with van der Waals surface area (Å²) in [5.74, 6) is 0.441. The van der Waals surface area contributed by atoms with E-state index >= 15 is 0 Å². The first-order valence-corrected chi connectivity index (χ1v) is 7.29. The molecule has 1 atom stereocenters. The molecular weight excluding hydrogens is 286 g/mol. The number of carbonyl (C=O) groups is 1.